The first-order valence-electron chi connectivity index (χ1n) is 7.14. The number of hydrogen-bond donors (Lipinski definition) is 1. The first-order chi connectivity index (χ1) is 10.1. The molecule has 1 aromatic carbocycles. The van der Waals surface area contributed by atoms with Crippen LogP contribution in [-0.2, 0) is 4.74 Å². The summed E-state index contributed by atoms with van der Waals surface area (Å²) in [6.45, 7) is 4.56. The summed E-state index contributed by atoms with van der Waals surface area (Å²) >= 11 is 0. The Labute approximate surface area is 123 Å². The van der Waals surface area contributed by atoms with Gasteiger partial charge >= 0.3 is 5.97 Å². The number of rotatable bonds is 2. The lowest BCUT2D eigenvalue weighted by atomic mass is 10.1. The standard InChI is InChI=1S/C16H18N2O3/c1-11-10-18(7-2-8-21-11)12-3-4-15-14(9-12)13(16(19)20)5-6-17-15/h3-6,9,11H,2,7-8,10H2,1H3,(H,19,20). The zero-order chi connectivity index (χ0) is 14.8. The predicted octanol–water partition coefficient (Wildman–Crippen LogP) is 2.55. The average molecular weight is 286 g/mol. The smallest absolute Gasteiger partial charge is 0.336 e. The van der Waals surface area contributed by atoms with E-state index >= 15 is 0 Å². The van der Waals surface area contributed by atoms with E-state index in [-0.39, 0.29) is 6.10 Å². The highest BCUT2D eigenvalue weighted by Crippen LogP contribution is 2.25. The monoisotopic (exact) mass is 286 g/mol. The van der Waals surface area contributed by atoms with Gasteiger partial charge in [-0.25, -0.2) is 4.79 Å². The molecule has 0 radical (unpaired) electrons. The van der Waals surface area contributed by atoms with Crippen LogP contribution in [0.5, 0.6) is 0 Å². The molecular weight excluding hydrogens is 268 g/mol. The Bertz CT molecular complexity index is 672. The molecule has 2 aromatic rings. The summed E-state index contributed by atoms with van der Waals surface area (Å²) in [5.41, 5.74) is 2.02. The van der Waals surface area contributed by atoms with Gasteiger partial charge in [0.15, 0.2) is 0 Å². The molecule has 21 heavy (non-hydrogen) atoms. The zero-order valence-electron chi connectivity index (χ0n) is 12.0. The fourth-order valence-electron chi connectivity index (χ4n) is 2.75. The van der Waals surface area contributed by atoms with Gasteiger partial charge in [0.05, 0.1) is 17.2 Å². The predicted molar refractivity (Wildman–Crippen MR) is 80.9 cm³/mol. The third kappa shape index (κ3) is 2.83. The number of anilines is 1. The Morgan fingerprint density at radius 2 is 2.29 bits per heavy atom. The number of pyridine rings is 1. The normalized spacial score (nSPS) is 19.5. The fourth-order valence-corrected chi connectivity index (χ4v) is 2.75. The number of carboxylic acid groups (broad SMARTS) is 1. The first kappa shape index (κ1) is 13.8. The van der Waals surface area contributed by atoms with Crippen molar-refractivity contribution < 1.29 is 14.6 Å². The minimum absolute atomic E-state index is 0.177. The number of carboxylic acids is 1. The van der Waals surface area contributed by atoms with Gasteiger partial charge in [0.25, 0.3) is 0 Å². The summed E-state index contributed by atoms with van der Waals surface area (Å²) in [5, 5.41) is 9.99. The zero-order valence-corrected chi connectivity index (χ0v) is 12.0. The van der Waals surface area contributed by atoms with Gasteiger partial charge in [-0.1, -0.05) is 0 Å². The number of nitrogens with zero attached hydrogens (tertiary/aromatic N) is 2. The fraction of sp³-hybridized carbons (Fsp3) is 0.375. The van der Waals surface area contributed by atoms with Crippen molar-refractivity contribution in [3.05, 3.63) is 36.0 Å². The van der Waals surface area contributed by atoms with Crippen LogP contribution < -0.4 is 4.90 Å². The van der Waals surface area contributed by atoms with Crippen LogP contribution in [0.25, 0.3) is 10.9 Å². The lowest BCUT2D eigenvalue weighted by molar-refractivity contribution is 0.0699. The molecule has 1 aliphatic rings. The van der Waals surface area contributed by atoms with Crippen LogP contribution >= 0.6 is 0 Å². The first-order valence-corrected chi connectivity index (χ1v) is 7.14. The van der Waals surface area contributed by atoms with Gasteiger partial charge in [-0.15, -0.1) is 0 Å². The van der Waals surface area contributed by atoms with Crippen molar-refractivity contribution in [3.63, 3.8) is 0 Å². The summed E-state index contributed by atoms with van der Waals surface area (Å²) < 4.78 is 5.66. The van der Waals surface area contributed by atoms with Crippen LogP contribution in [0.2, 0.25) is 0 Å². The van der Waals surface area contributed by atoms with Gasteiger partial charge in [-0.2, -0.15) is 0 Å². The molecule has 0 bridgehead atoms. The van der Waals surface area contributed by atoms with Crippen LogP contribution in [0.4, 0.5) is 5.69 Å². The third-order valence-electron chi connectivity index (χ3n) is 3.77. The second kappa shape index (κ2) is 5.69. The second-order valence-electron chi connectivity index (χ2n) is 5.35. The molecule has 0 spiro atoms. The van der Waals surface area contributed by atoms with Gasteiger partial charge in [0.2, 0.25) is 0 Å². The second-order valence-corrected chi connectivity index (χ2v) is 5.35. The van der Waals surface area contributed by atoms with Gasteiger partial charge in [-0.3, -0.25) is 4.98 Å². The van der Waals surface area contributed by atoms with Crippen molar-refractivity contribution in [3.8, 4) is 0 Å². The summed E-state index contributed by atoms with van der Waals surface area (Å²) in [6, 6.07) is 7.35. The Morgan fingerprint density at radius 3 is 3.10 bits per heavy atom. The molecule has 1 unspecified atom stereocenters. The van der Waals surface area contributed by atoms with E-state index in [0.29, 0.717) is 16.5 Å². The van der Waals surface area contributed by atoms with Crippen LogP contribution in [-0.4, -0.2) is 41.9 Å². The van der Waals surface area contributed by atoms with Gasteiger partial charge in [0, 0.05) is 37.0 Å². The molecule has 0 aliphatic carbocycles. The summed E-state index contributed by atoms with van der Waals surface area (Å²) in [6.07, 6.45) is 2.69. The van der Waals surface area contributed by atoms with E-state index in [1.54, 1.807) is 6.07 Å². The molecule has 1 saturated heterocycles. The lowest BCUT2D eigenvalue weighted by Crippen LogP contribution is -2.30. The average Bonchev–Trinajstić information content (AvgIpc) is 2.70. The highest BCUT2D eigenvalue weighted by Gasteiger charge is 2.17. The van der Waals surface area contributed by atoms with Crippen LogP contribution in [0, 0.1) is 0 Å². The molecule has 5 nitrogen and oxygen atoms in total. The maximum Gasteiger partial charge on any atom is 0.336 e. The number of ether oxygens (including phenoxy) is 1. The van der Waals surface area contributed by atoms with E-state index in [0.717, 1.165) is 31.8 Å². The highest BCUT2D eigenvalue weighted by atomic mass is 16.5. The summed E-state index contributed by atoms with van der Waals surface area (Å²) in [7, 11) is 0. The van der Waals surface area contributed by atoms with E-state index in [1.807, 2.05) is 18.2 Å². The summed E-state index contributed by atoms with van der Waals surface area (Å²) in [5.74, 6) is -0.924. The topological polar surface area (TPSA) is 62.7 Å². The van der Waals surface area contributed by atoms with Crippen LogP contribution in [0.3, 0.4) is 0 Å². The van der Waals surface area contributed by atoms with Crippen molar-refractivity contribution in [2.75, 3.05) is 24.6 Å². The van der Waals surface area contributed by atoms with Gasteiger partial charge < -0.3 is 14.7 Å². The number of aromatic carboxylic acids is 1. The number of fused-ring (bicyclic) bond motifs is 1. The molecule has 0 amide bonds. The van der Waals surface area contributed by atoms with Crippen molar-refractivity contribution in [1.29, 1.82) is 0 Å². The molecule has 1 aromatic heterocycles. The van der Waals surface area contributed by atoms with Crippen LogP contribution in [0.1, 0.15) is 23.7 Å². The van der Waals surface area contributed by atoms with E-state index in [4.69, 9.17) is 4.74 Å². The number of hydrogen-bond acceptors (Lipinski definition) is 4. The number of aromatic nitrogens is 1. The molecule has 110 valence electrons. The molecule has 5 heteroatoms. The molecule has 1 fully saturated rings. The van der Waals surface area contributed by atoms with E-state index in [2.05, 4.69) is 16.8 Å². The summed E-state index contributed by atoms with van der Waals surface area (Å²) in [4.78, 5) is 17.8. The van der Waals surface area contributed by atoms with Crippen molar-refractivity contribution in [2.45, 2.75) is 19.4 Å². The minimum atomic E-state index is -0.924. The molecule has 0 saturated carbocycles. The van der Waals surface area contributed by atoms with Crippen molar-refractivity contribution in [2.24, 2.45) is 0 Å². The Hall–Kier alpha value is -2.14. The number of carbonyl (C=O) groups is 1. The van der Waals surface area contributed by atoms with Crippen molar-refractivity contribution in [1.82, 2.24) is 4.98 Å². The number of benzene rings is 1. The maximum atomic E-state index is 11.3. The van der Waals surface area contributed by atoms with E-state index in [9.17, 15) is 9.90 Å². The Balaban J connectivity index is 2.03. The Kier molecular flexibility index (Phi) is 3.75. The highest BCUT2D eigenvalue weighted by molar-refractivity contribution is 6.03. The van der Waals surface area contributed by atoms with Gasteiger partial charge in [-0.05, 0) is 37.6 Å². The molecule has 1 N–H and O–H groups in total. The van der Waals surface area contributed by atoms with E-state index in [1.165, 1.54) is 6.20 Å². The van der Waals surface area contributed by atoms with Crippen LogP contribution in [0.15, 0.2) is 30.5 Å². The SMILES string of the molecule is CC1CN(c2ccc3nccc(C(=O)O)c3c2)CCCO1. The minimum Gasteiger partial charge on any atom is -0.478 e. The third-order valence-corrected chi connectivity index (χ3v) is 3.77. The molecule has 3 rings (SSSR count). The molecular formula is C16H18N2O3. The molecule has 2 heterocycles. The molecule has 1 aliphatic heterocycles. The maximum absolute atomic E-state index is 11.3. The quantitative estimate of drug-likeness (QED) is 0.919. The van der Waals surface area contributed by atoms with Gasteiger partial charge in [0.1, 0.15) is 0 Å². The van der Waals surface area contributed by atoms with Crippen molar-refractivity contribution >= 4 is 22.6 Å². The largest absolute Gasteiger partial charge is 0.478 e. The molecule has 1 atom stereocenters. The van der Waals surface area contributed by atoms with E-state index < -0.39 is 5.97 Å². The lowest BCUT2D eigenvalue weighted by Gasteiger charge is -2.24. The Morgan fingerprint density at radius 1 is 1.43 bits per heavy atom.